The van der Waals surface area contributed by atoms with Crippen LogP contribution in [-0.4, -0.2) is 44.7 Å². The summed E-state index contributed by atoms with van der Waals surface area (Å²) in [6, 6.07) is 5.12. The van der Waals surface area contributed by atoms with Crippen molar-refractivity contribution in [1.29, 1.82) is 0 Å². The van der Waals surface area contributed by atoms with Gasteiger partial charge < -0.3 is 20.5 Å². The highest BCUT2D eigenvalue weighted by atomic mass is 32.2. The average molecular weight is 284 g/mol. The lowest BCUT2D eigenvalue weighted by molar-refractivity contribution is 0.0952. The smallest absolute Gasteiger partial charge is 0.255 e. The van der Waals surface area contributed by atoms with Gasteiger partial charge >= 0.3 is 0 Å². The molecule has 0 radical (unpaired) electrons. The van der Waals surface area contributed by atoms with Crippen LogP contribution in [0.15, 0.2) is 18.2 Å². The maximum Gasteiger partial charge on any atom is 0.255 e. The van der Waals surface area contributed by atoms with Crippen molar-refractivity contribution < 1.29 is 14.3 Å². The Morgan fingerprint density at radius 3 is 2.89 bits per heavy atom. The Balaban J connectivity index is 2.81. The second-order valence-electron chi connectivity index (χ2n) is 3.75. The molecule has 1 amide bonds. The molecule has 0 heterocycles. The zero-order valence-corrected chi connectivity index (χ0v) is 12.1. The molecule has 0 bridgehead atoms. The van der Waals surface area contributed by atoms with Gasteiger partial charge in [0.2, 0.25) is 0 Å². The van der Waals surface area contributed by atoms with Gasteiger partial charge in [-0.25, -0.2) is 0 Å². The fourth-order valence-corrected chi connectivity index (χ4v) is 1.77. The molecule has 0 spiro atoms. The standard InChI is InChI=1S/C13H20N2O3S/c1-17-10-3-4-11(12(9-10)18-7-5-14)13(16)15-6-8-19-2/h3-4,9H,5-8,14H2,1-2H3,(H,15,16). The number of hydrogen-bond donors (Lipinski definition) is 2. The van der Waals surface area contributed by atoms with Crippen molar-refractivity contribution in [2.24, 2.45) is 5.73 Å². The van der Waals surface area contributed by atoms with Crippen molar-refractivity contribution in [1.82, 2.24) is 5.32 Å². The first-order valence-electron chi connectivity index (χ1n) is 6.01. The predicted octanol–water partition coefficient (Wildman–Crippen LogP) is 1.13. The molecule has 0 atom stereocenters. The minimum absolute atomic E-state index is 0.149. The maximum atomic E-state index is 12.0. The summed E-state index contributed by atoms with van der Waals surface area (Å²) in [5.41, 5.74) is 5.91. The molecule has 19 heavy (non-hydrogen) atoms. The number of benzene rings is 1. The third kappa shape index (κ3) is 5.00. The van der Waals surface area contributed by atoms with E-state index in [1.54, 1.807) is 37.1 Å². The number of carbonyl (C=O) groups excluding carboxylic acids is 1. The third-order valence-electron chi connectivity index (χ3n) is 2.40. The average Bonchev–Trinajstić information content (AvgIpc) is 2.44. The van der Waals surface area contributed by atoms with E-state index in [1.807, 2.05) is 6.26 Å². The van der Waals surface area contributed by atoms with Crippen LogP contribution in [0.3, 0.4) is 0 Å². The molecule has 1 aromatic rings. The number of nitrogens with two attached hydrogens (primary N) is 1. The van der Waals surface area contributed by atoms with Crippen LogP contribution in [0.4, 0.5) is 0 Å². The number of carbonyl (C=O) groups is 1. The maximum absolute atomic E-state index is 12.0. The molecule has 0 fully saturated rings. The summed E-state index contributed by atoms with van der Waals surface area (Å²) >= 11 is 1.68. The normalized spacial score (nSPS) is 10.1. The third-order valence-corrected chi connectivity index (χ3v) is 3.01. The van der Waals surface area contributed by atoms with E-state index < -0.39 is 0 Å². The molecular weight excluding hydrogens is 264 g/mol. The quantitative estimate of drug-likeness (QED) is 0.700. The highest BCUT2D eigenvalue weighted by molar-refractivity contribution is 7.98. The summed E-state index contributed by atoms with van der Waals surface area (Å²) in [4.78, 5) is 12.0. The summed E-state index contributed by atoms with van der Waals surface area (Å²) in [6.07, 6.45) is 2.00. The van der Waals surface area contributed by atoms with E-state index in [9.17, 15) is 4.79 Å². The van der Waals surface area contributed by atoms with Crippen molar-refractivity contribution in [3.05, 3.63) is 23.8 Å². The number of amides is 1. The first-order valence-corrected chi connectivity index (χ1v) is 7.40. The highest BCUT2D eigenvalue weighted by Gasteiger charge is 2.13. The minimum atomic E-state index is -0.149. The Labute approximate surface area is 117 Å². The van der Waals surface area contributed by atoms with E-state index in [4.69, 9.17) is 15.2 Å². The van der Waals surface area contributed by atoms with E-state index in [2.05, 4.69) is 5.32 Å². The molecule has 0 aromatic heterocycles. The van der Waals surface area contributed by atoms with Gasteiger partial charge in [0.25, 0.3) is 5.91 Å². The molecule has 5 nitrogen and oxygen atoms in total. The zero-order valence-electron chi connectivity index (χ0n) is 11.3. The van der Waals surface area contributed by atoms with Gasteiger partial charge in [0.15, 0.2) is 0 Å². The Kier molecular flexibility index (Phi) is 7.14. The molecule has 6 heteroatoms. The van der Waals surface area contributed by atoms with Gasteiger partial charge in [-0.15, -0.1) is 0 Å². The Morgan fingerprint density at radius 2 is 2.26 bits per heavy atom. The molecule has 0 aliphatic heterocycles. The largest absolute Gasteiger partial charge is 0.497 e. The molecule has 0 saturated heterocycles. The lowest BCUT2D eigenvalue weighted by Crippen LogP contribution is -2.26. The summed E-state index contributed by atoms with van der Waals surface area (Å²) in [6.45, 7) is 1.38. The van der Waals surface area contributed by atoms with Gasteiger partial charge in [-0.05, 0) is 18.4 Å². The SMILES string of the molecule is COc1ccc(C(=O)NCCSC)c(OCCN)c1. The van der Waals surface area contributed by atoms with Crippen LogP contribution in [0.25, 0.3) is 0 Å². The van der Waals surface area contributed by atoms with Crippen LogP contribution in [-0.2, 0) is 0 Å². The second kappa shape index (κ2) is 8.66. The first kappa shape index (κ1) is 15.7. The summed E-state index contributed by atoms with van der Waals surface area (Å²) < 4.78 is 10.6. The molecule has 3 N–H and O–H groups in total. The summed E-state index contributed by atoms with van der Waals surface area (Å²) in [7, 11) is 1.57. The highest BCUT2D eigenvalue weighted by Crippen LogP contribution is 2.24. The number of ether oxygens (including phenoxy) is 2. The molecule has 1 rings (SSSR count). The van der Waals surface area contributed by atoms with E-state index >= 15 is 0 Å². The number of thioether (sulfide) groups is 1. The monoisotopic (exact) mass is 284 g/mol. The molecule has 106 valence electrons. The molecule has 0 aliphatic rings. The van der Waals surface area contributed by atoms with Crippen molar-refractivity contribution >= 4 is 17.7 Å². The Bertz CT molecular complexity index is 413. The van der Waals surface area contributed by atoms with Gasteiger partial charge in [0, 0.05) is 24.9 Å². The fraction of sp³-hybridized carbons (Fsp3) is 0.462. The van der Waals surface area contributed by atoms with Crippen LogP contribution < -0.4 is 20.5 Å². The first-order chi connectivity index (χ1) is 9.22. The Morgan fingerprint density at radius 1 is 1.47 bits per heavy atom. The molecule has 0 unspecified atom stereocenters. The van der Waals surface area contributed by atoms with Gasteiger partial charge in [0.05, 0.1) is 12.7 Å². The van der Waals surface area contributed by atoms with E-state index in [0.717, 1.165) is 5.75 Å². The molecular formula is C13H20N2O3S. The number of methoxy groups -OCH3 is 1. The zero-order chi connectivity index (χ0) is 14.1. The van der Waals surface area contributed by atoms with Crippen molar-refractivity contribution in [2.45, 2.75) is 0 Å². The summed E-state index contributed by atoms with van der Waals surface area (Å²) in [5, 5.41) is 2.84. The van der Waals surface area contributed by atoms with E-state index in [-0.39, 0.29) is 5.91 Å². The number of hydrogen-bond acceptors (Lipinski definition) is 5. The van der Waals surface area contributed by atoms with Crippen molar-refractivity contribution in [2.75, 3.05) is 38.8 Å². The summed E-state index contributed by atoms with van der Waals surface area (Å²) in [5.74, 6) is 1.86. The minimum Gasteiger partial charge on any atom is -0.497 e. The fourth-order valence-electron chi connectivity index (χ4n) is 1.47. The topological polar surface area (TPSA) is 73.6 Å². The second-order valence-corrected chi connectivity index (χ2v) is 4.73. The number of rotatable bonds is 8. The van der Waals surface area contributed by atoms with E-state index in [0.29, 0.717) is 36.8 Å². The van der Waals surface area contributed by atoms with Crippen molar-refractivity contribution in [3.63, 3.8) is 0 Å². The lowest BCUT2D eigenvalue weighted by Gasteiger charge is -2.12. The van der Waals surface area contributed by atoms with Gasteiger partial charge in [-0.3, -0.25) is 4.79 Å². The lowest BCUT2D eigenvalue weighted by atomic mass is 10.1. The van der Waals surface area contributed by atoms with Crippen LogP contribution in [0.1, 0.15) is 10.4 Å². The van der Waals surface area contributed by atoms with Gasteiger partial charge in [-0.2, -0.15) is 11.8 Å². The van der Waals surface area contributed by atoms with Gasteiger partial charge in [-0.1, -0.05) is 0 Å². The Hall–Kier alpha value is -1.40. The van der Waals surface area contributed by atoms with Crippen LogP contribution in [0.2, 0.25) is 0 Å². The van der Waals surface area contributed by atoms with E-state index in [1.165, 1.54) is 0 Å². The van der Waals surface area contributed by atoms with Crippen LogP contribution in [0.5, 0.6) is 11.5 Å². The van der Waals surface area contributed by atoms with Crippen LogP contribution in [0, 0.1) is 0 Å². The molecule has 0 aliphatic carbocycles. The predicted molar refractivity (Wildman–Crippen MR) is 78.3 cm³/mol. The van der Waals surface area contributed by atoms with Crippen LogP contribution >= 0.6 is 11.8 Å². The number of nitrogens with one attached hydrogen (secondary N) is 1. The molecule has 0 saturated carbocycles. The molecule has 1 aromatic carbocycles. The van der Waals surface area contributed by atoms with Crippen molar-refractivity contribution in [3.8, 4) is 11.5 Å². The van der Waals surface area contributed by atoms with Gasteiger partial charge in [0.1, 0.15) is 18.1 Å².